The Labute approximate surface area is 183 Å². The molecule has 0 N–H and O–H groups in total. The lowest BCUT2D eigenvalue weighted by molar-refractivity contribution is -0.137. The number of amides is 2. The van der Waals surface area contributed by atoms with Gasteiger partial charge in [0.2, 0.25) is 5.91 Å². The Kier molecular flexibility index (Phi) is 4.87. The fraction of sp³-hybridized carbons (Fsp3) is 0.435. The highest BCUT2D eigenvalue weighted by Crippen LogP contribution is 2.60. The summed E-state index contributed by atoms with van der Waals surface area (Å²) in [6, 6.07) is 11.3. The number of carbonyl (C=O) groups is 2. The third kappa shape index (κ3) is 3.49. The standard InChI is InChI=1S/C23H22F3N3O3/c24-23(25,26)16-6-7-27-19(9-16)29-14-22(10-20(29)30)17-8-18(22)12-28(11-17)21(31)32-13-15-4-2-1-3-5-15/h1-7,9,17-18H,8,10-14H2. The molecule has 3 saturated heterocycles. The predicted octanol–water partition coefficient (Wildman–Crippen LogP) is 4.11. The van der Waals surface area contributed by atoms with Crippen molar-refractivity contribution in [1.82, 2.24) is 9.88 Å². The zero-order valence-electron chi connectivity index (χ0n) is 17.2. The van der Waals surface area contributed by atoms with Crippen molar-refractivity contribution in [3.05, 3.63) is 59.8 Å². The molecule has 2 aromatic rings. The van der Waals surface area contributed by atoms with Crippen molar-refractivity contribution in [1.29, 1.82) is 0 Å². The van der Waals surface area contributed by atoms with Crippen LogP contribution in [0.3, 0.4) is 0 Å². The number of rotatable bonds is 3. The first-order chi connectivity index (χ1) is 15.3. The van der Waals surface area contributed by atoms with Gasteiger partial charge in [0.25, 0.3) is 0 Å². The zero-order chi connectivity index (χ0) is 22.5. The van der Waals surface area contributed by atoms with Crippen LogP contribution in [0.15, 0.2) is 48.7 Å². The number of fused-ring (bicyclic) bond motifs is 2. The van der Waals surface area contributed by atoms with Gasteiger partial charge in [-0.2, -0.15) is 13.2 Å². The number of alkyl halides is 3. The lowest BCUT2D eigenvalue weighted by atomic mass is 9.50. The minimum absolute atomic E-state index is 0.0331. The molecule has 1 saturated carbocycles. The molecule has 1 aromatic heterocycles. The van der Waals surface area contributed by atoms with Crippen LogP contribution < -0.4 is 4.90 Å². The monoisotopic (exact) mass is 445 g/mol. The zero-order valence-corrected chi connectivity index (χ0v) is 17.2. The third-order valence-corrected chi connectivity index (χ3v) is 7.12. The minimum atomic E-state index is -4.49. The van der Waals surface area contributed by atoms with E-state index in [4.69, 9.17) is 4.74 Å². The van der Waals surface area contributed by atoms with E-state index in [2.05, 4.69) is 4.98 Å². The average Bonchev–Trinajstić information content (AvgIpc) is 3.17. The summed E-state index contributed by atoms with van der Waals surface area (Å²) in [5.74, 6) is 0.0491. The van der Waals surface area contributed by atoms with Crippen molar-refractivity contribution in [3.8, 4) is 0 Å². The van der Waals surface area contributed by atoms with E-state index in [9.17, 15) is 22.8 Å². The highest BCUT2D eigenvalue weighted by atomic mass is 19.4. The van der Waals surface area contributed by atoms with Gasteiger partial charge in [-0.1, -0.05) is 30.3 Å². The van der Waals surface area contributed by atoms with Gasteiger partial charge in [-0.3, -0.25) is 9.69 Å². The minimum Gasteiger partial charge on any atom is -0.445 e. The number of hydrogen-bond donors (Lipinski definition) is 0. The molecular formula is C23H22F3N3O3. The van der Waals surface area contributed by atoms with Gasteiger partial charge >= 0.3 is 12.3 Å². The number of carbonyl (C=O) groups excluding carboxylic acids is 2. The summed E-state index contributed by atoms with van der Waals surface area (Å²) in [4.78, 5) is 32.4. The summed E-state index contributed by atoms with van der Waals surface area (Å²) >= 11 is 0. The van der Waals surface area contributed by atoms with Crippen LogP contribution in [0.1, 0.15) is 24.0 Å². The van der Waals surface area contributed by atoms with Crippen molar-refractivity contribution in [3.63, 3.8) is 0 Å². The quantitative estimate of drug-likeness (QED) is 0.713. The van der Waals surface area contributed by atoms with Gasteiger partial charge in [0.1, 0.15) is 12.4 Å². The van der Waals surface area contributed by atoms with E-state index in [0.717, 1.165) is 30.3 Å². The van der Waals surface area contributed by atoms with Gasteiger partial charge in [0.05, 0.1) is 5.56 Å². The second-order valence-electron chi connectivity index (χ2n) is 8.87. The van der Waals surface area contributed by atoms with Crippen LogP contribution in [0.2, 0.25) is 0 Å². The maximum Gasteiger partial charge on any atom is 0.416 e. The fourth-order valence-corrected chi connectivity index (χ4v) is 5.38. The van der Waals surface area contributed by atoms with Crippen LogP contribution in [-0.2, 0) is 22.3 Å². The molecule has 2 bridgehead atoms. The van der Waals surface area contributed by atoms with E-state index in [0.29, 0.717) is 19.6 Å². The summed E-state index contributed by atoms with van der Waals surface area (Å²) in [6.07, 6.45) is -2.61. The SMILES string of the molecule is O=C(OCc1ccccc1)N1CC2CC(C1)C21CC(=O)N(c2cc(C(F)(F)F)ccn2)C1. The van der Waals surface area contributed by atoms with Crippen molar-refractivity contribution in [2.45, 2.75) is 25.6 Å². The van der Waals surface area contributed by atoms with Crippen molar-refractivity contribution < 1.29 is 27.5 Å². The highest BCUT2D eigenvalue weighted by Gasteiger charge is 2.63. The summed E-state index contributed by atoms with van der Waals surface area (Å²) < 4.78 is 44.7. The molecule has 2 amide bonds. The topological polar surface area (TPSA) is 62.7 Å². The smallest absolute Gasteiger partial charge is 0.416 e. The number of benzene rings is 1. The molecular weight excluding hydrogens is 423 g/mol. The number of piperidine rings is 2. The summed E-state index contributed by atoms with van der Waals surface area (Å²) in [5.41, 5.74) is -0.231. The number of ether oxygens (including phenoxy) is 1. The number of pyridine rings is 1. The number of nitrogens with zero attached hydrogens (tertiary/aromatic N) is 3. The molecule has 9 heteroatoms. The summed E-state index contributed by atoms with van der Waals surface area (Å²) in [5, 5.41) is 0. The lowest BCUT2D eigenvalue weighted by Crippen LogP contribution is -2.64. The Balaban J connectivity index is 1.25. The van der Waals surface area contributed by atoms with Gasteiger partial charge in [-0.15, -0.1) is 0 Å². The normalized spacial score (nSPS) is 26.9. The number of anilines is 1. The molecule has 1 spiro atoms. The molecule has 4 aliphatic rings. The van der Waals surface area contributed by atoms with E-state index in [1.165, 1.54) is 4.90 Å². The van der Waals surface area contributed by atoms with Crippen LogP contribution in [0.25, 0.3) is 0 Å². The second-order valence-corrected chi connectivity index (χ2v) is 8.87. The molecule has 2 atom stereocenters. The molecule has 6 rings (SSSR count). The Morgan fingerprint density at radius 2 is 1.88 bits per heavy atom. The molecule has 32 heavy (non-hydrogen) atoms. The second kappa shape index (κ2) is 7.50. The maximum atomic E-state index is 13.1. The molecule has 2 unspecified atom stereocenters. The average molecular weight is 445 g/mol. The van der Waals surface area contributed by atoms with Gasteiger partial charge in [0.15, 0.2) is 0 Å². The largest absolute Gasteiger partial charge is 0.445 e. The fourth-order valence-electron chi connectivity index (χ4n) is 5.38. The van der Waals surface area contributed by atoms with E-state index < -0.39 is 11.7 Å². The first-order valence-electron chi connectivity index (χ1n) is 10.6. The van der Waals surface area contributed by atoms with Gasteiger partial charge in [0, 0.05) is 37.7 Å². The summed E-state index contributed by atoms with van der Waals surface area (Å²) in [6.45, 7) is 1.51. The Morgan fingerprint density at radius 1 is 1.16 bits per heavy atom. The third-order valence-electron chi connectivity index (χ3n) is 7.12. The first-order valence-corrected chi connectivity index (χ1v) is 10.6. The van der Waals surface area contributed by atoms with Crippen LogP contribution in [0, 0.1) is 17.3 Å². The van der Waals surface area contributed by atoms with Gasteiger partial charge in [-0.05, 0) is 36.0 Å². The molecule has 4 heterocycles. The Bertz CT molecular complexity index is 1030. The molecule has 1 aromatic carbocycles. The molecule has 0 radical (unpaired) electrons. The molecule has 1 aliphatic carbocycles. The maximum absolute atomic E-state index is 13.1. The van der Waals surface area contributed by atoms with Crippen LogP contribution in [-0.4, -0.2) is 41.5 Å². The number of aromatic nitrogens is 1. The van der Waals surface area contributed by atoms with Gasteiger partial charge in [-0.25, -0.2) is 9.78 Å². The summed E-state index contributed by atoms with van der Waals surface area (Å²) in [7, 11) is 0. The van der Waals surface area contributed by atoms with Crippen LogP contribution in [0.5, 0.6) is 0 Å². The lowest BCUT2D eigenvalue weighted by Gasteiger charge is -2.60. The van der Waals surface area contributed by atoms with E-state index in [1.807, 2.05) is 30.3 Å². The van der Waals surface area contributed by atoms with Crippen molar-refractivity contribution in [2.75, 3.05) is 24.5 Å². The number of hydrogen-bond acceptors (Lipinski definition) is 4. The van der Waals surface area contributed by atoms with E-state index in [1.54, 1.807) is 4.90 Å². The van der Waals surface area contributed by atoms with Crippen LogP contribution >= 0.6 is 0 Å². The van der Waals surface area contributed by atoms with Crippen molar-refractivity contribution in [2.24, 2.45) is 17.3 Å². The Hall–Kier alpha value is -3.10. The molecule has 168 valence electrons. The Morgan fingerprint density at radius 3 is 2.56 bits per heavy atom. The molecule has 3 aliphatic heterocycles. The first kappa shape index (κ1) is 20.8. The van der Waals surface area contributed by atoms with Crippen molar-refractivity contribution >= 4 is 17.8 Å². The predicted molar refractivity (Wildman–Crippen MR) is 108 cm³/mol. The molecule has 4 fully saturated rings. The highest BCUT2D eigenvalue weighted by molar-refractivity contribution is 5.96. The van der Waals surface area contributed by atoms with E-state index >= 15 is 0 Å². The van der Waals surface area contributed by atoms with Gasteiger partial charge < -0.3 is 9.64 Å². The van der Waals surface area contributed by atoms with Crippen LogP contribution in [0.4, 0.5) is 23.8 Å². The molecule has 6 nitrogen and oxygen atoms in total. The van der Waals surface area contributed by atoms with E-state index in [-0.39, 0.29) is 48.1 Å². The number of halogens is 3.